The fourth-order valence-electron chi connectivity index (χ4n) is 4.33. The third-order valence-electron chi connectivity index (χ3n) is 6.04. The summed E-state index contributed by atoms with van der Waals surface area (Å²) in [5.74, 6) is 9.97. The number of hydrogen-bond acceptors (Lipinski definition) is 0. The van der Waals surface area contributed by atoms with E-state index in [2.05, 4.69) is 50.0 Å². The third-order valence-corrected chi connectivity index (χ3v) is 6.04. The molecule has 128 valence electrons. The minimum Gasteiger partial charge on any atom is -0.0730 e. The Bertz CT molecular complexity index is 415. The van der Waals surface area contributed by atoms with Gasteiger partial charge in [-0.2, -0.15) is 0 Å². The minimum atomic E-state index is 0.782. The SMILES string of the molecule is CCCC1CCC(/C=C/C#C/C=C/C2CCC(CC)CC2)CC1. The number of allylic oxidation sites excluding steroid dienone is 4. The van der Waals surface area contributed by atoms with Crippen LogP contribution in [0.4, 0.5) is 0 Å². The molecule has 2 fully saturated rings. The normalized spacial score (nSPS) is 32.1. The minimum absolute atomic E-state index is 0.782. The Balaban J connectivity index is 1.63. The summed E-state index contributed by atoms with van der Waals surface area (Å²) < 4.78 is 0. The zero-order valence-electron chi connectivity index (χ0n) is 15.4. The van der Waals surface area contributed by atoms with E-state index in [1.54, 1.807) is 0 Å². The number of rotatable bonds is 5. The van der Waals surface area contributed by atoms with E-state index in [1.807, 2.05) is 0 Å². The summed E-state index contributed by atoms with van der Waals surface area (Å²) in [7, 11) is 0. The molecule has 0 nitrogen and oxygen atoms in total. The third kappa shape index (κ3) is 6.99. The molecule has 0 aromatic heterocycles. The molecule has 2 rings (SSSR count). The average molecular weight is 313 g/mol. The molecule has 0 N–H and O–H groups in total. The van der Waals surface area contributed by atoms with Gasteiger partial charge >= 0.3 is 0 Å². The van der Waals surface area contributed by atoms with Crippen molar-refractivity contribution in [1.82, 2.24) is 0 Å². The van der Waals surface area contributed by atoms with Crippen molar-refractivity contribution in [3.63, 3.8) is 0 Å². The van der Waals surface area contributed by atoms with Gasteiger partial charge in [-0.1, -0.05) is 57.1 Å². The molecule has 0 unspecified atom stereocenters. The van der Waals surface area contributed by atoms with Gasteiger partial charge in [-0.05, 0) is 87.2 Å². The Labute approximate surface area is 144 Å². The summed E-state index contributed by atoms with van der Waals surface area (Å²) in [6.45, 7) is 4.64. The van der Waals surface area contributed by atoms with Gasteiger partial charge < -0.3 is 0 Å². The van der Waals surface area contributed by atoms with E-state index in [9.17, 15) is 0 Å². The molecule has 0 amide bonds. The van der Waals surface area contributed by atoms with E-state index >= 15 is 0 Å². The van der Waals surface area contributed by atoms with Gasteiger partial charge in [0.25, 0.3) is 0 Å². The van der Waals surface area contributed by atoms with Crippen LogP contribution in [0.15, 0.2) is 24.3 Å². The molecule has 0 aliphatic heterocycles. The van der Waals surface area contributed by atoms with Crippen LogP contribution in [0.25, 0.3) is 0 Å². The molecule has 0 atom stereocenters. The average Bonchev–Trinajstić information content (AvgIpc) is 2.60. The highest BCUT2D eigenvalue weighted by Gasteiger charge is 2.18. The Kier molecular flexibility index (Phi) is 8.59. The van der Waals surface area contributed by atoms with Crippen LogP contribution in [-0.2, 0) is 0 Å². The second-order valence-electron chi connectivity index (χ2n) is 7.77. The lowest BCUT2D eigenvalue weighted by atomic mass is 9.80. The van der Waals surface area contributed by atoms with Crippen molar-refractivity contribution in [2.45, 2.75) is 84.5 Å². The van der Waals surface area contributed by atoms with E-state index < -0.39 is 0 Å². The first kappa shape index (κ1) is 18.4. The van der Waals surface area contributed by atoms with Crippen LogP contribution in [0.5, 0.6) is 0 Å². The van der Waals surface area contributed by atoms with Crippen molar-refractivity contribution in [3.8, 4) is 11.8 Å². The Hall–Kier alpha value is -0.960. The van der Waals surface area contributed by atoms with Crippen LogP contribution in [0.1, 0.15) is 84.5 Å². The van der Waals surface area contributed by atoms with Crippen molar-refractivity contribution in [2.24, 2.45) is 23.7 Å². The summed E-state index contributed by atoms with van der Waals surface area (Å²) in [5, 5.41) is 0. The largest absolute Gasteiger partial charge is 0.0730 e. The molecule has 2 saturated carbocycles. The zero-order valence-corrected chi connectivity index (χ0v) is 15.4. The van der Waals surface area contributed by atoms with E-state index in [0.29, 0.717) is 0 Å². The van der Waals surface area contributed by atoms with Gasteiger partial charge in [-0.3, -0.25) is 0 Å². The summed E-state index contributed by atoms with van der Waals surface area (Å²) in [5.41, 5.74) is 0. The molecule has 0 bridgehead atoms. The van der Waals surface area contributed by atoms with Gasteiger partial charge in [-0.15, -0.1) is 0 Å². The maximum absolute atomic E-state index is 3.21. The second-order valence-corrected chi connectivity index (χ2v) is 7.77. The monoisotopic (exact) mass is 312 g/mol. The molecule has 0 radical (unpaired) electrons. The summed E-state index contributed by atoms with van der Waals surface area (Å²) >= 11 is 0. The predicted molar refractivity (Wildman–Crippen MR) is 102 cm³/mol. The van der Waals surface area contributed by atoms with Crippen molar-refractivity contribution < 1.29 is 0 Å². The fourth-order valence-corrected chi connectivity index (χ4v) is 4.33. The predicted octanol–water partition coefficient (Wildman–Crippen LogP) is 6.93. The van der Waals surface area contributed by atoms with Gasteiger partial charge in [0.05, 0.1) is 0 Å². The van der Waals surface area contributed by atoms with Gasteiger partial charge in [0.2, 0.25) is 0 Å². The molecule has 0 aromatic rings. The lowest BCUT2D eigenvalue weighted by Crippen LogP contribution is -2.12. The maximum atomic E-state index is 3.21. The fraction of sp³-hybridized carbons (Fsp3) is 0.739. The molecule has 0 heterocycles. The summed E-state index contributed by atoms with van der Waals surface area (Å²) in [6.07, 6.45) is 24.2. The highest BCUT2D eigenvalue weighted by atomic mass is 14.2. The van der Waals surface area contributed by atoms with Crippen molar-refractivity contribution in [2.75, 3.05) is 0 Å². The molecule has 2 aliphatic carbocycles. The smallest absolute Gasteiger partial charge is 0.0153 e. The van der Waals surface area contributed by atoms with E-state index in [4.69, 9.17) is 0 Å². The Morgan fingerprint density at radius 3 is 1.61 bits per heavy atom. The molecule has 0 saturated heterocycles. The highest BCUT2D eigenvalue weighted by molar-refractivity contribution is 5.24. The molecule has 23 heavy (non-hydrogen) atoms. The van der Waals surface area contributed by atoms with E-state index in [0.717, 1.165) is 23.7 Å². The van der Waals surface area contributed by atoms with Crippen molar-refractivity contribution in [3.05, 3.63) is 24.3 Å². The summed E-state index contributed by atoms with van der Waals surface area (Å²) in [6, 6.07) is 0. The van der Waals surface area contributed by atoms with Crippen LogP contribution in [0, 0.1) is 35.5 Å². The van der Waals surface area contributed by atoms with Gasteiger partial charge in [0.15, 0.2) is 0 Å². The van der Waals surface area contributed by atoms with Crippen molar-refractivity contribution in [1.29, 1.82) is 0 Å². The summed E-state index contributed by atoms with van der Waals surface area (Å²) in [4.78, 5) is 0. The van der Waals surface area contributed by atoms with Crippen LogP contribution in [-0.4, -0.2) is 0 Å². The molecular formula is C23H36. The van der Waals surface area contributed by atoms with Crippen LogP contribution >= 0.6 is 0 Å². The van der Waals surface area contributed by atoms with Crippen LogP contribution in [0.3, 0.4) is 0 Å². The molecule has 2 aliphatic rings. The van der Waals surface area contributed by atoms with E-state index in [1.165, 1.54) is 70.6 Å². The second kappa shape index (κ2) is 10.7. The van der Waals surface area contributed by atoms with Gasteiger partial charge in [0.1, 0.15) is 0 Å². The highest BCUT2D eigenvalue weighted by Crippen LogP contribution is 2.32. The quantitative estimate of drug-likeness (QED) is 0.483. The first-order valence-corrected chi connectivity index (χ1v) is 10.2. The number of hydrogen-bond donors (Lipinski definition) is 0. The first-order valence-electron chi connectivity index (χ1n) is 10.2. The first-order chi connectivity index (χ1) is 11.3. The molecule has 0 aromatic carbocycles. The standard InChI is InChI=1S/C23H36/c1-3-9-21-16-18-23(19-17-21)11-8-6-5-7-10-22-14-12-20(4-2)13-15-22/h7-8,10-11,20-23H,3-4,9,12-19H2,1-2H3/b10-7+,11-8+. The van der Waals surface area contributed by atoms with Crippen LogP contribution < -0.4 is 0 Å². The molecule has 0 spiro atoms. The Morgan fingerprint density at radius 1 is 0.696 bits per heavy atom. The molecular weight excluding hydrogens is 276 g/mol. The van der Waals surface area contributed by atoms with Gasteiger partial charge in [0, 0.05) is 0 Å². The van der Waals surface area contributed by atoms with E-state index in [-0.39, 0.29) is 0 Å². The zero-order chi connectivity index (χ0) is 16.3. The van der Waals surface area contributed by atoms with Crippen LogP contribution in [0.2, 0.25) is 0 Å². The maximum Gasteiger partial charge on any atom is -0.0153 e. The topological polar surface area (TPSA) is 0 Å². The Morgan fingerprint density at radius 2 is 1.17 bits per heavy atom. The lowest BCUT2D eigenvalue weighted by Gasteiger charge is -2.26. The lowest BCUT2D eigenvalue weighted by molar-refractivity contribution is 0.294. The van der Waals surface area contributed by atoms with Gasteiger partial charge in [-0.25, -0.2) is 0 Å². The van der Waals surface area contributed by atoms with Crippen molar-refractivity contribution >= 4 is 0 Å². The molecule has 0 heteroatoms.